The van der Waals surface area contributed by atoms with E-state index in [1.54, 1.807) is 19.9 Å². The molecular formula is C23H30N4O5S. The van der Waals surface area contributed by atoms with Crippen LogP contribution >= 0.6 is 0 Å². The minimum absolute atomic E-state index is 0.0631. The zero-order chi connectivity index (χ0) is 23.8. The Kier molecular flexibility index (Phi) is 6.58. The van der Waals surface area contributed by atoms with Gasteiger partial charge in [0.15, 0.2) is 5.76 Å². The van der Waals surface area contributed by atoms with Crippen LogP contribution in [0.25, 0.3) is 0 Å². The molecule has 0 aliphatic carbocycles. The number of piperidine rings is 1. The summed E-state index contributed by atoms with van der Waals surface area (Å²) in [6.07, 6.45) is 2.79. The van der Waals surface area contributed by atoms with Crippen molar-refractivity contribution >= 4 is 27.5 Å². The first-order valence-corrected chi connectivity index (χ1v) is 12.8. The van der Waals surface area contributed by atoms with Crippen LogP contribution in [0.3, 0.4) is 0 Å². The number of rotatable bonds is 5. The zero-order valence-corrected chi connectivity index (χ0v) is 20.1. The molecule has 2 amide bonds. The highest BCUT2D eigenvalue weighted by atomic mass is 32.2. The van der Waals surface area contributed by atoms with Crippen LogP contribution in [0.4, 0.5) is 5.69 Å². The topological polar surface area (TPSA) is 113 Å². The molecule has 3 heterocycles. The Balaban J connectivity index is 1.45. The van der Waals surface area contributed by atoms with Crippen LogP contribution in [-0.2, 0) is 14.8 Å². The third-order valence-corrected chi connectivity index (χ3v) is 8.68. The highest BCUT2D eigenvalue weighted by Gasteiger charge is 2.36. The number of carbonyl (C=O) groups excluding carboxylic acids is 2. The van der Waals surface area contributed by atoms with E-state index in [0.717, 1.165) is 31.5 Å². The minimum Gasteiger partial charge on any atom is -0.360 e. The molecule has 0 atom stereocenters. The fourth-order valence-corrected chi connectivity index (χ4v) is 6.42. The fourth-order valence-electron chi connectivity index (χ4n) is 4.66. The Morgan fingerprint density at radius 1 is 1.06 bits per heavy atom. The van der Waals surface area contributed by atoms with Gasteiger partial charge in [-0.3, -0.25) is 9.59 Å². The molecular weight excluding hydrogens is 444 g/mol. The first-order valence-electron chi connectivity index (χ1n) is 11.3. The van der Waals surface area contributed by atoms with Gasteiger partial charge in [0, 0.05) is 32.1 Å². The Hall–Kier alpha value is -2.72. The molecule has 1 aromatic carbocycles. The number of anilines is 1. The summed E-state index contributed by atoms with van der Waals surface area (Å²) in [7, 11) is -3.73. The van der Waals surface area contributed by atoms with Gasteiger partial charge in [0.25, 0.3) is 5.91 Å². The number of amides is 2. The lowest BCUT2D eigenvalue weighted by Crippen LogP contribution is -2.41. The molecule has 4 rings (SSSR count). The van der Waals surface area contributed by atoms with Crippen molar-refractivity contribution in [2.45, 2.75) is 51.3 Å². The molecule has 0 radical (unpaired) electrons. The van der Waals surface area contributed by atoms with Gasteiger partial charge in [-0.25, -0.2) is 8.42 Å². The van der Waals surface area contributed by atoms with Gasteiger partial charge in [-0.2, -0.15) is 4.31 Å². The maximum Gasteiger partial charge on any atom is 0.255 e. The van der Waals surface area contributed by atoms with Gasteiger partial charge < -0.3 is 14.7 Å². The highest BCUT2D eigenvalue weighted by Crippen LogP contribution is 2.29. The Labute approximate surface area is 194 Å². The maximum absolute atomic E-state index is 13.1. The molecule has 33 heavy (non-hydrogen) atoms. The number of hydrogen-bond donors (Lipinski definition) is 1. The number of carbonyl (C=O) groups is 2. The standard InChI is InChI=1S/C23H30N4O5S/c1-15-7-6-8-19(23(29)26-11-4-5-12-26)20(15)24-22(28)18-9-13-27(14-10-18)33(30,31)21-16(2)25-32-17(21)3/h6-8,18H,4-5,9-14H2,1-3H3,(H,24,28). The Bertz CT molecular complexity index is 1140. The largest absolute Gasteiger partial charge is 0.360 e. The van der Waals surface area contributed by atoms with Crippen LogP contribution in [0, 0.1) is 26.7 Å². The van der Waals surface area contributed by atoms with E-state index in [4.69, 9.17) is 4.52 Å². The number of aryl methyl sites for hydroxylation is 3. The number of hydrogen-bond acceptors (Lipinski definition) is 6. The third kappa shape index (κ3) is 4.54. The lowest BCUT2D eigenvalue weighted by Gasteiger charge is -2.30. The second-order valence-electron chi connectivity index (χ2n) is 8.82. The van der Waals surface area contributed by atoms with Gasteiger partial charge in [0.05, 0.1) is 11.3 Å². The average molecular weight is 475 g/mol. The molecule has 0 spiro atoms. The summed E-state index contributed by atoms with van der Waals surface area (Å²) in [5, 5.41) is 6.72. The van der Waals surface area contributed by atoms with Gasteiger partial charge in [0.2, 0.25) is 15.9 Å². The van der Waals surface area contributed by atoms with Crippen molar-refractivity contribution in [3.63, 3.8) is 0 Å². The maximum atomic E-state index is 13.1. The molecule has 2 aromatic rings. The number of benzene rings is 1. The smallest absolute Gasteiger partial charge is 0.255 e. The second kappa shape index (κ2) is 9.26. The van der Waals surface area contributed by atoms with Crippen molar-refractivity contribution < 1.29 is 22.5 Å². The summed E-state index contributed by atoms with van der Waals surface area (Å²) in [5.74, 6) is -0.321. The second-order valence-corrected chi connectivity index (χ2v) is 10.7. The van der Waals surface area contributed by atoms with E-state index in [0.29, 0.717) is 29.8 Å². The van der Waals surface area contributed by atoms with E-state index in [-0.39, 0.29) is 41.5 Å². The minimum atomic E-state index is -3.73. The van der Waals surface area contributed by atoms with Crippen molar-refractivity contribution in [2.24, 2.45) is 5.92 Å². The van der Waals surface area contributed by atoms with Crippen LogP contribution in [0.15, 0.2) is 27.6 Å². The number of aromatic nitrogens is 1. The normalized spacial score (nSPS) is 18.0. The summed E-state index contributed by atoms with van der Waals surface area (Å²) < 4.78 is 32.5. The molecule has 10 heteroatoms. The van der Waals surface area contributed by atoms with Crippen molar-refractivity contribution in [1.82, 2.24) is 14.4 Å². The lowest BCUT2D eigenvalue weighted by atomic mass is 9.96. The van der Waals surface area contributed by atoms with Crippen LogP contribution < -0.4 is 5.32 Å². The van der Waals surface area contributed by atoms with Crippen LogP contribution in [0.2, 0.25) is 0 Å². The predicted molar refractivity (Wildman–Crippen MR) is 122 cm³/mol. The molecule has 2 aliphatic rings. The van der Waals surface area contributed by atoms with E-state index >= 15 is 0 Å². The molecule has 1 N–H and O–H groups in total. The van der Waals surface area contributed by atoms with E-state index < -0.39 is 10.0 Å². The fraction of sp³-hybridized carbons (Fsp3) is 0.522. The average Bonchev–Trinajstić information content (AvgIpc) is 3.44. The summed E-state index contributed by atoms with van der Waals surface area (Å²) in [4.78, 5) is 28.0. The predicted octanol–water partition coefficient (Wildman–Crippen LogP) is 2.88. The van der Waals surface area contributed by atoms with Crippen molar-refractivity contribution in [2.75, 3.05) is 31.5 Å². The molecule has 178 valence electrons. The van der Waals surface area contributed by atoms with Crippen LogP contribution in [0.1, 0.15) is 53.1 Å². The lowest BCUT2D eigenvalue weighted by molar-refractivity contribution is -0.120. The Morgan fingerprint density at radius 2 is 1.73 bits per heavy atom. The SMILES string of the molecule is Cc1cccc(C(=O)N2CCCC2)c1NC(=O)C1CCN(S(=O)(=O)c2c(C)noc2C)CC1. The number of nitrogens with one attached hydrogen (secondary N) is 1. The van der Waals surface area contributed by atoms with Crippen molar-refractivity contribution in [3.05, 3.63) is 40.8 Å². The number of nitrogens with zero attached hydrogens (tertiary/aromatic N) is 3. The molecule has 0 saturated carbocycles. The van der Waals surface area contributed by atoms with Crippen molar-refractivity contribution in [3.8, 4) is 0 Å². The quantitative estimate of drug-likeness (QED) is 0.713. The van der Waals surface area contributed by atoms with Crippen molar-refractivity contribution in [1.29, 1.82) is 0 Å². The summed E-state index contributed by atoms with van der Waals surface area (Å²) in [5.41, 5.74) is 2.21. The van der Waals surface area contributed by atoms with Gasteiger partial charge in [-0.1, -0.05) is 17.3 Å². The summed E-state index contributed by atoms with van der Waals surface area (Å²) in [6, 6.07) is 5.45. The zero-order valence-electron chi connectivity index (χ0n) is 19.3. The van der Waals surface area contributed by atoms with Gasteiger partial charge in [-0.15, -0.1) is 0 Å². The summed E-state index contributed by atoms with van der Waals surface area (Å²) >= 11 is 0. The number of sulfonamides is 1. The molecule has 9 nitrogen and oxygen atoms in total. The molecule has 1 aromatic heterocycles. The third-order valence-electron chi connectivity index (χ3n) is 6.54. The summed E-state index contributed by atoms with van der Waals surface area (Å²) in [6.45, 7) is 6.99. The Morgan fingerprint density at radius 3 is 2.33 bits per heavy atom. The monoisotopic (exact) mass is 474 g/mol. The first kappa shape index (κ1) is 23.4. The van der Waals surface area contributed by atoms with E-state index in [9.17, 15) is 18.0 Å². The van der Waals surface area contributed by atoms with Gasteiger partial charge in [-0.05, 0) is 58.1 Å². The van der Waals surface area contributed by atoms with Gasteiger partial charge in [0.1, 0.15) is 10.6 Å². The molecule has 2 aliphatic heterocycles. The molecule has 0 bridgehead atoms. The number of likely N-dealkylation sites (tertiary alicyclic amines) is 1. The van der Waals surface area contributed by atoms with Crippen LogP contribution in [-0.4, -0.2) is 60.8 Å². The van der Waals surface area contributed by atoms with Crippen LogP contribution in [0.5, 0.6) is 0 Å². The molecule has 0 unspecified atom stereocenters. The van der Waals surface area contributed by atoms with E-state index in [1.165, 1.54) is 4.31 Å². The van der Waals surface area contributed by atoms with Gasteiger partial charge >= 0.3 is 0 Å². The van der Waals surface area contributed by atoms with E-state index in [1.807, 2.05) is 24.0 Å². The first-order chi connectivity index (χ1) is 15.7. The highest BCUT2D eigenvalue weighted by molar-refractivity contribution is 7.89. The molecule has 2 saturated heterocycles. The number of para-hydroxylation sites is 1. The van der Waals surface area contributed by atoms with E-state index in [2.05, 4.69) is 10.5 Å². The molecule has 2 fully saturated rings.